The van der Waals surface area contributed by atoms with Crippen molar-refractivity contribution in [3.8, 4) is 0 Å². The molecular weight excluding hydrogens is 360 g/mol. The first kappa shape index (κ1) is 23.2. The zero-order valence-electron chi connectivity index (χ0n) is 13.6. The van der Waals surface area contributed by atoms with E-state index in [0.29, 0.717) is 0 Å². The van der Waals surface area contributed by atoms with Crippen LogP contribution in [0.5, 0.6) is 0 Å². The average molecular weight is 378 g/mol. The number of carbonyl (C=O) groups is 5. The highest BCUT2D eigenvalue weighted by atomic mass is 16.5. The van der Waals surface area contributed by atoms with Crippen LogP contribution in [-0.4, -0.2) is 76.1 Å². The lowest BCUT2D eigenvalue weighted by Gasteiger charge is -2.26. The number of carboxylic acids is 3. The Labute approximate surface area is 146 Å². The fraction of sp³-hybridized carbons (Fsp3) is 0.615. The molecule has 3 atom stereocenters. The quantitative estimate of drug-likeness (QED) is 0.121. The van der Waals surface area contributed by atoms with E-state index in [0.717, 1.165) is 0 Å². The van der Waals surface area contributed by atoms with Crippen LogP contribution in [0.15, 0.2) is 0 Å². The van der Waals surface area contributed by atoms with Crippen LogP contribution in [0.25, 0.3) is 0 Å². The zero-order valence-corrected chi connectivity index (χ0v) is 13.6. The molecule has 0 spiro atoms. The van der Waals surface area contributed by atoms with Gasteiger partial charge < -0.3 is 45.2 Å². The standard InChI is InChI=1S/C13H20N2O11/c1-6(15-10(20)11(21)22)9(19)14-2-3-26-8(18)5-13(25,12(23)24)4-7(16)17/h6,10,15,20,25H,2-5H2,1H3,(H,14,19)(H,16,17)(H,21,22)(H,23,24)/p-2. The predicted octanol–water partition coefficient (Wildman–Crippen LogP) is -5.96. The fourth-order valence-corrected chi connectivity index (χ4v) is 1.62. The van der Waals surface area contributed by atoms with E-state index in [2.05, 4.69) is 10.1 Å². The highest BCUT2D eigenvalue weighted by Gasteiger charge is 2.35. The van der Waals surface area contributed by atoms with E-state index in [-0.39, 0.29) is 6.54 Å². The number of esters is 1. The Kier molecular flexibility index (Phi) is 9.18. The van der Waals surface area contributed by atoms with Crippen molar-refractivity contribution in [3.05, 3.63) is 0 Å². The summed E-state index contributed by atoms with van der Waals surface area (Å²) in [5.74, 6) is -7.65. The number of rotatable bonds is 12. The molecule has 0 aliphatic heterocycles. The first-order chi connectivity index (χ1) is 11.9. The number of amides is 1. The number of carbonyl (C=O) groups excluding carboxylic acids is 4. The van der Waals surface area contributed by atoms with Gasteiger partial charge in [0.15, 0.2) is 0 Å². The van der Waals surface area contributed by atoms with E-state index >= 15 is 0 Å². The highest BCUT2D eigenvalue weighted by molar-refractivity contribution is 5.87. The Balaban J connectivity index is 4.29. The molecule has 0 saturated heterocycles. The Morgan fingerprint density at radius 1 is 1.15 bits per heavy atom. The van der Waals surface area contributed by atoms with Crippen molar-refractivity contribution in [1.82, 2.24) is 10.6 Å². The molecule has 1 amide bonds. The van der Waals surface area contributed by atoms with Crippen LogP contribution in [0.4, 0.5) is 0 Å². The molecule has 0 aliphatic carbocycles. The minimum absolute atomic E-state index is 0.263. The minimum Gasteiger partial charge on any atom is -0.547 e. The summed E-state index contributed by atoms with van der Waals surface area (Å²) in [7, 11) is 0. The molecule has 0 aliphatic rings. The van der Waals surface area contributed by atoms with Crippen LogP contribution >= 0.6 is 0 Å². The first-order valence-corrected chi connectivity index (χ1v) is 7.13. The summed E-state index contributed by atoms with van der Waals surface area (Å²) in [4.78, 5) is 54.6. The third-order valence-electron chi connectivity index (χ3n) is 2.95. The minimum atomic E-state index is -2.94. The Morgan fingerprint density at radius 2 is 1.73 bits per heavy atom. The summed E-state index contributed by atoms with van der Waals surface area (Å²) < 4.78 is 4.55. The van der Waals surface area contributed by atoms with Gasteiger partial charge in [-0.15, -0.1) is 0 Å². The molecule has 13 nitrogen and oxygen atoms in total. The number of ether oxygens (including phenoxy) is 1. The molecule has 148 valence electrons. The van der Waals surface area contributed by atoms with Gasteiger partial charge in [-0.05, 0) is 6.92 Å². The highest BCUT2D eigenvalue weighted by Crippen LogP contribution is 2.15. The molecule has 13 heteroatoms. The second-order valence-electron chi connectivity index (χ2n) is 5.19. The van der Waals surface area contributed by atoms with Crippen molar-refractivity contribution in [2.24, 2.45) is 0 Å². The largest absolute Gasteiger partial charge is 0.547 e. The topological polar surface area (TPSA) is 225 Å². The summed E-state index contributed by atoms with van der Waals surface area (Å²) in [6.45, 7) is 0.524. The van der Waals surface area contributed by atoms with Gasteiger partial charge in [0.1, 0.15) is 18.4 Å². The number of aliphatic hydroxyl groups excluding tert-OH is 1. The van der Waals surface area contributed by atoms with Gasteiger partial charge >= 0.3 is 11.9 Å². The van der Waals surface area contributed by atoms with Crippen LogP contribution in [-0.2, 0) is 28.7 Å². The molecule has 0 aromatic carbocycles. The van der Waals surface area contributed by atoms with E-state index < -0.39 is 67.1 Å². The maximum Gasteiger partial charge on any atom is 0.309 e. The molecule has 0 heterocycles. The number of hydrogen-bond donors (Lipinski definition) is 5. The fourth-order valence-electron chi connectivity index (χ4n) is 1.62. The monoisotopic (exact) mass is 378 g/mol. The molecule has 0 bridgehead atoms. The van der Waals surface area contributed by atoms with Crippen LogP contribution in [0.3, 0.4) is 0 Å². The molecule has 0 aromatic rings. The maximum absolute atomic E-state index is 11.6. The second kappa shape index (κ2) is 10.3. The van der Waals surface area contributed by atoms with Crippen molar-refractivity contribution < 1.29 is 54.2 Å². The normalized spacial score (nSPS) is 15.2. The molecular formula is C13H18N2O11-2. The Hall–Kier alpha value is -2.77. The van der Waals surface area contributed by atoms with Gasteiger partial charge in [0, 0.05) is 0 Å². The van der Waals surface area contributed by atoms with E-state index in [4.69, 9.17) is 10.2 Å². The van der Waals surface area contributed by atoms with E-state index in [9.17, 15) is 39.3 Å². The van der Waals surface area contributed by atoms with Gasteiger partial charge in [-0.25, -0.2) is 0 Å². The molecule has 0 saturated carbocycles. The number of nitrogens with one attached hydrogen (secondary N) is 2. The molecule has 0 radical (unpaired) electrons. The third kappa shape index (κ3) is 8.36. The van der Waals surface area contributed by atoms with Gasteiger partial charge in [0.2, 0.25) is 5.91 Å². The predicted molar refractivity (Wildman–Crippen MR) is 74.4 cm³/mol. The number of aliphatic carboxylic acids is 3. The third-order valence-corrected chi connectivity index (χ3v) is 2.95. The number of carboxylic acid groups (broad SMARTS) is 3. The lowest BCUT2D eigenvalue weighted by atomic mass is 9.96. The summed E-state index contributed by atoms with van der Waals surface area (Å²) >= 11 is 0. The van der Waals surface area contributed by atoms with Crippen LogP contribution in [0, 0.1) is 0 Å². The molecule has 5 N–H and O–H groups in total. The molecule has 0 aromatic heterocycles. The summed E-state index contributed by atoms with van der Waals surface area (Å²) in [5.41, 5.74) is -2.94. The van der Waals surface area contributed by atoms with Crippen LogP contribution in [0.2, 0.25) is 0 Å². The first-order valence-electron chi connectivity index (χ1n) is 7.13. The Morgan fingerprint density at radius 3 is 2.19 bits per heavy atom. The van der Waals surface area contributed by atoms with E-state index in [1.807, 2.05) is 5.32 Å². The molecule has 3 unspecified atom stereocenters. The lowest BCUT2D eigenvalue weighted by Crippen LogP contribution is -2.53. The average Bonchev–Trinajstić information content (AvgIpc) is 2.49. The van der Waals surface area contributed by atoms with Crippen molar-refractivity contribution >= 4 is 29.8 Å². The van der Waals surface area contributed by atoms with Crippen molar-refractivity contribution in [1.29, 1.82) is 0 Å². The zero-order chi connectivity index (χ0) is 20.5. The van der Waals surface area contributed by atoms with Gasteiger partial charge in [0.25, 0.3) is 0 Å². The van der Waals surface area contributed by atoms with Crippen LogP contribution < -0.4 is 20.8 Å². The van der Waals surface area contributed by atoms with Gasteiger partial charge in [0.05, 0.1) is 37.4 Å². The molecule has 0 fully saturated rings. The van der Waals surface area contributed by atoms with E-state index in [1.54, 1.807) is 0 Å². The maximum atomic E-state index is 11.6. The van der Waals surface area contributed by atoms with Gasteiger partial charge in [-0.2, -0.15) is 0 Å². The van der Waals surface area contributed by atoms with Crippen LogP contribution in [0.1, 0.15) is 19.8 Å². The SMILES string of the molecule is CC(NC(O)C(=O)[O-])C(=O)NCCOC(=O)CC(O)(CC(=O)O)C(=O)[O-]. The van der Waals surface area contributed by atoms with Gasteiger partial charge in [-0.3, -0.25) is 19.7 Å². The number of aliphatic hydroxyl groups is 2. The smallest absolute Gasteiger partial charge is 0.309 e. The van der Waals surface area contributed by atoms with Crippen molar-refractivity contribution in [2.75, 3.05) is 13.2 Å². The summed E-state index contributed by atoms with van der Waals surface area (Å²) in [6, 6.07) is -1.13. The molecule has 26 heavy (non-hydrogen) atoms. The Bertz CT molecular complexity index is 564. The van der Waals surface area contributed by atoms with Gasteiger partial charge in [-0.1, -0.05) is 0 Å². The number of hydrogen-bond acceptors (Lipinski definition) is 11. The van der Waals surface area contributed by atoms with E-state index in [1.165, 1.54) is 6.92 Å². The van der Waals surface area contributed by atoms with Crippen molar-refractivity contribution in [3.63, 3.8) is 0 Å². The van der Waals surface area contributed by atoms with Crippen molar-refractivity contribution in [2.45, 2.75) is 37.6 Å². The summed E-state index contributed by atoms with van der Waals surface area (Å²) in [6.07, 6.45) is -4.51. The second-order valence-corrected chi connectivity index (χ2v) is 5.19. The summed E-state index contributed by atoms with van der Waals surface area (Å²) in [5, 5.41) is 52.3. The lowest BCUT2D eigenvalue weighted by molar-refractivity contribution is -0.325. The molecule has 0 rings (SSSR count).